The van der Waals surface area contributed by atoms with Crippen molar-refractivity contribution in [2.24, 2.45) is 0 Å². The van der Waals surface area contributed by atoms with Gasteiger partial charge in [-0.1, -0.05) is 0 Å². The van der Waals surface area contributed by atoms with Crippen LogP contribution in [-0.4, -0.2) is 24.4 Å². The van der Waals surface area contributed by atoms with Crippen LogP contribution >= 0.6 is 0 Å². The van der Waals surface area contributed by atoms with Crippen LogP contribution < -0.4 is 68.9 Å². The van der Waals surface area contributed by atoms with E-state index in [1.165, 1.54) is 0 Å². The van der Waals surface area contributed by atoms with Gasteiger partial charge in [0.1, 0.15) is 0 Å². The molecule has 0 saturated carbocycles. The molecule has 0 saturated heterocycles. The van der Waals surface area contributed by atoms with Crippen LogP contribution in [0, 0.1) is 0 Å². The molecule has 0 bridgehead atoms. The summed E-state index contributed by atoms with van der Waals surface area (Å²) in [5, 5.41) is -6.21. The fraction of sp³-hybridized carbons (Fsp3) is 1.00. The summed E-state index contributed by atoms with van der Waals surface area (Å²) in [5.41, 5.74) is 0. The van der Waals surface area contributed by atoms with E-state index in [9.17, 15) is 34.9 Å². The Balaban J connectivity index is 0. The molecule has 68 valence electrons. The maximum atomic E-state index is 11.4. The first-order valence-corrected chi connectivity index (χ1v) is 3.31. The number of hydrogen-bond acceptors (Lipinski definition) is 3. The largest absolute Gasteiger partial charge is 1.00 e. The fourth-order valence-corrected chi connectivity index (χ4v) is 0.425. The molecule has 0 N–H and O–H groups in total. The van der Waals surface area contributed by atoms with Gasteiger partial charge in [-0.05, 0) is 0 Å². The summed E-state index contributed by atoms with van der Waals surface area (Å²) in [5.74, 6) is 0. The molecular formula is C2CsF5O3S. The Morgan fingerprint density at radius 2 is 1.25 bits per heavy atom. The van der Waals surface area contributed by atoms with Gasteiger partial charge in [0, 0.05) is 0 Å². The first-order valence-electron chi connectivity index (χ1n) is 1.90. The van der Waals surface area contributed by atoms with E-state index in [1.807, 2.05) is 0 Å². The normalized spacial score (nSPS) is 13.8. The molecule has 10 heteroatoms. The van der Waals surface area contributed by atoms with E-state index in [0.29, 0.717) is 0 Å². The predicted molar refractivity (Wildman–Crippen MR) is 20.7 cm³/mol. The molecule has 0 fully saturated rings. The summed E-state index contributed by atoms with van der Waals surface area (Å²) in [6, 6.07) is 0. The van der Waals surface area contributed by atoms with E-state index in [-0.39, 0.29) is 68.9 Å². The Kier molecular flexibility index (Phi) is 5.92. The maximum absolute atomic E-state index is 11.4. The Morgan fingerprint density at radius 1 is 1.00 bits per heavy atom. The first kappa shape index (κ1) is 16.1. The van der Waals surface area contributed by atoms with Crippen molar-refractivity contribution in [2.45, 2.75) is 11.4 Å². The van der Waals surface area contributed by atoms with Gasteiger partial charge in [0.15, 0.2) is 10.1 Å². The van der Waals surface area contributed by atoms with Crippen LogP contribution in [0.4, 0.5) is 22.0 Å². The summed E-state index contributed by atoms with van der Waals surface area (Å²) >= 11 is 0. The summed E-state index contributed by atoms with van der Waals surface area (Å²) in [7, 11) is -6.67. The second kappa shape index (κ2) is 4.42. The van der Waals surface area contributed by atoms with Gasteiger partial charge in [-0.15, -0.1) is 0 Å². The minimum absolute atomic E-state index is 0. The van der Waals surface area contributed by atoms with Crippen molar-refractivity contribution >= 4 is 10.1 Å². The van der Waals surface area contributed by atoms with Gasteiger partial charge in [0.05, 0.1) is 0 Å². The second-order valence-electron chi connectivity index (χ2n) is 1.47. The molecule has 3 nitrogen and oxygen atoms in total. The van der Waals surface area contributed by atoms with E-state index >= 15 is 0 Å². The van der Waals surface area contributed by atoms with E-state index < -0.39 is 21.5 Å². The zero-order valence-corrected chi connectivity index (χ0v) is 12.6. The molecule has 0 unspecified atom stereocenters. The van der Waals surface area contributed by atoms with E-state index in [4.69, 9.17) is 0 Å². The van der Waals surface area contributed by atoms with Crippen LogP contribution in [0.2, 0.25) is 0 Å². The Bertz CT molecular complexity index is 242. The fourth-order valence-electron chi connectivity index (χ4n) is 0.142. The molecule has 12 heavy (non-hydrogen) atoms. The van der Waals surface area contributed by atoms with Gasteiger partial charge in [-0.3, -0.25) is 0 Å². The van der Waals surface area contributed by atoms with Gasteiger partial charge in [0.2, 0.25) is 0 Å². The van der Waals surface area contributed by atoms with Crippen LogP contribution in [0.25, 0.3) is 0 Å². The molecular weight excluding hydrogens is 332 g/mol. The monoisotopic (exact) mass is 332 g/mol. The molecule has 0 amide bonds. The molecule has 0 rings (SSSR count). The molecule has 0 aromatic rings. The Hall–Kier alpha value is 1.61. The molecule has 0 heterocycles. The minimum atomic E-state index is -6.67. The second-order valence-corrected chi connectivity index (χ2v) is 2.89. The van der Waals surface area contributed by atoms with Gasteiger partial charge in [-0.2, -0.15) is 22.0 Å². The average molecular weight is 332 g/mol. The van der Waals surface area contributed by atoms with Crippen molar-refractivity contribution in [3.05, 3.63) is 0 Å². The van der Waals surface area contributed by atoms with Crippen LogP contribution in [-0.2, 0) is 10.1 Å². The topological polar surface area (TPSA) is 57.2 Å². The molecule has 0 aliphatic carbocycles. The van der Waals surface area contributed by atoms with E-state index in [1.54, 1.807) is 0 Å². The molecule has 0 aliphatic rings. The van der Waals surface area contributed by atoms with Crippen molar-refractivity contribution in [3.63, 3.8) is 0 Å². The molecule has 0 spiro atoms. The van der Waals surface area contributed by atoms with Crippen LogP contribution in [0.1, 0.15) is 0 Å². The quantitative estimate of drug-likeness (QED) is 0.401. The first-order chi connectivity index (χ1) is 4.50. The Labute approximate surface area is 123 Å². The van der Waals surface area contributed by atoms with Crippen LogP contribution in [0.3, 0.4) is 0 Å². The predicted octanol–water partition coefficient (Wildman–Crippen LogP) is -2.31. The molecule has 0 radical (unpaired) electrons. The van der Waals surface area contributed by atoms with E-state index in [0.717, 1.165) is 0 Å². The summed E-state index contributed by atoms with van der Waals surface area (Å²) in [6.07, 6.45) is -6.35. The molecule has 0 aromatic carbocycles. The number of hydrogen-bond donors (Lipinski definition) is 0. The number of halogens is 5. The van der Waals surface area contributed by atoms with Crippen molar-refractivity contribution in [1.29, 1.82) is 0 Å². The third-order valence-electron chi connectivity index (χ3n) is 0.644. The third kappa shape index (κ3) is 3.40. The third-order valence-corrected chi connectivity index (χ3v) is 1.50. The van der Waals surface area contributed by atoms with E-state index in [2.05, 4.69) is 0 Å². The van der Waals surface area contributed by atoms with Gasteiger partial charge in [0.25, 0.3) is 0 Å². The Morgan fingerprint density at radius 3 is 1.25 bits per heavy atom. The SMILES string of the molecule is O=S(=O)([O-])C(F)(F)C(F)(F)F.[Cs+]. The smallest absolute Gasteiger partial charge is 0.743 e. The molecule has 0 aliphatic heterocycles. The average Bonchev–Trinajstić information content (AvgIpc) is 1.58. The summed E-state index contributed by atoms with van der Waals surface area (Å²) in [6.45, 7) is 0. The van der Waals surface area contributed by atoms with Gasteiger partial charge >= 0.3 is 80.3 Å². The van der Waals surface area contributed by atoms with Crippen molar-refractivity contribution in [3.8, 4) is 0 Å². The number of alkyl halides is 5. The summed E-state index contributed by atoms with van der Waals surface area (Å²) < 4.78 is 83.6. The maximum Gasteiger partial charge on any atom is 1.00 e. The van der Waals surface area contributed by atoms with Crippen molar-refractivity contribution in [2.75, 3.05) is 0 Å². The molecule has 0 atom stereocenters. The van der Waals surface area contributed by atoms with Crippen molar-refractivity contribution < 1.29 is 104 Å². The van der Waals surface area contributed by atoms with Crippen molar-refractivity contribution in [1.82, 2.24) is 0 Å². The van der Waals surface area contributed by atoms with Gasteiger partial charge in [-0.25, -0.2) is 8.42 Å². The minimum Gasteiger partial charge on any atom is -0.743 e. The van der Waals surface area contributed by atoms with Crippen LogP contribution in [0.15, 0.2) is 0 Å². The number of rotatable bonds is 1. The summed E-state index contributed by atoms with van der Waals surface area (Å²) in [4.78, 5) is 0. The zero-order chi connectivity index (χ0) is 9.50. The standard InChI is InChI=1S/C2HF5O3S.Cs/c3-1(4,5)2(6,7)11(8,9)10;/h(H,8,9,10);/q;+1/p-1. The zero-order valence-electron chi connectivity index (χ0n) is 5.52. The van der Waals surface area contributed by atoms with Gasteiger partial charge < -0.3 is 4.55 Å². The molecule has 0 aromatic heterocycles. The van der Waals surface area contributed by atoms with Crippen LogP contribution in [0.5, 0.6) is 0 Å².